The predicted molar refractivity (Wildman–Crippen MR) is 90.3 cm³/mol. The first-order valence-corrected chi connectivity index (χ1v) is 8.35. The van der Waals surface area contributed by atoms with Crippen LogP contribution in [0.3, 0.4) is 0 Å². The molecule has 1 heteroatoms. The molecule has 1 saturated carbocycles. The third-order valence-corrected chi connectivity index (χ3v) is 5.37. The molecule has 112 valence electrons. The molecule has 1 nitrogen and oxygen atoms in total. The molecule has 2 aromatic carbocycles. The fourth-order valence-electron chi connectivity index (χ4n) is 4.42. The van der Waals surface area contributed by atoms with Gasteiger partial charge in [-0.25, -0.2) is 0 Å². The largest absolute Gasteiger partial charge is 0.388 e. The number of hydrogen-bond donors (Lipinski definition) is 1. The molecule has 2 aliphatic rings. The maximum absolute atomic E-state index is 11.0. The first kappa shape index (κ1) is 13.8. The Balaban J connectivity index is 1.67. The van der Waals surface area contributed by atoms with Crippen molar-refractivity contribution in [2.75, 3.05) is 0 Å². The lowest BCUT2D eigenvalue weighted by molar-refractivity contribution is 0.146. The van der Waals surface area contributed by atoms with E-state index >= 15 is 0 Å². The topological polar surface area (TPSA) is 20.2 Å². The first-order valence-electron chi connectivity index (χ1n) is 8.35. The number of fused-ring (bicyclic) bond motifs is 1. The van der Waals surface area contributed by atoms with Gasteiger partial charge in [0.15, 0.2) is 0 Å². The Hall–Kier alpha value is -1.86. The normalized spacial score (nSPS) is 27.2. The summed E-state index contributed by atoms with van der Waals surface area (Å²) < 4.78 is 0. The number of allylic oxidation sites excluding steroid dienone is 1. The zero-order chi connectivity index (χ0) is 14.9. The van der Waals surface area contributed by atoms with Crippen LogP contribution in [-0.4, -0.2) is 11.2 Å². The summed E-state index contributed by atoms with van der Waals surface area (Å²) in [6.07, 6.45) is 4.33. The third-order valence-electron chi connectivity index (χ3n) is 5.37. The van der Waals surface area contributed by atoms with Gasteiger partial charge in [-0.3, -0.25) is 0 Å². The SMILES string of the molecule is O[C@H]1C(c2ccccc2)=C2CCC[C@@H]2[C@H]1Cc1ccccc1. The summed E-state index contributed by atoms with van der Waals surface area (Å²) in [5.74, 6) is 0.917. The van der Waals surface area contributed by atoms with Crippen LogP contribution in [0.5, 0.6) is 0 Å². The fourth-order valence-corrected chi connectivity index (χ4v) is 4.42. The van der Waals surface area contributed by atoms with Crippen molar-refractivity contribution in [3.63, 3.8) is 0 Å². The van der Waals surface area contributed by atoms with Crippen molar-refractivity contribution in [3.05, 3.63) is 77.4 Å². The Bertz CT molecular complexity index is 672. The molecule has 1 N–H and O–H groups in total. The second-order valence-corrected chi connectivity index (χ2v) is 6.60. The van der Waals surface area contributed by atoms with Gasteiger partial charge in [0, 0.05) is 0 Å². The smallest absolute Gasteiger partial charge is 0.0832 e. The summed E-state index contributed by atoms with van der Waals surface area (Å²) >= 11 is 0. The molecule has 1 fully saturated rings. The van der Waals surface area contributed by atoms with Crippen LogP contribution in [0.2, 0.25) is 0 Å². The lowest BCUT2D eigenvalue weighted by Crippen LogP contribution is -2.24. The minimum Gasteiger partial charge on any atom is -0.388 e. The highest BCUT2D eigenvalue weighted by Gasteiger charge is 2.43. The molecule has 22 heavy (non-hydrogen) atoms. The van der Waals surface area contributed by atoms with Crippen LogP contribution in [0.4, 0.5) is 0 Å². The number of aliphatic hydroxyl groups is 1. The van der Waals surface area contributed by atoms with E-state index in [1.54, 1.807) is 0 Å². The van der Waals surface area contributed by atoms with E-state index in [1.165, 1.54) is 35.1 Å². The lowest BCUT2D eigenvalue weighted by Gasteiger charge is -2.22. The Morgan fingerprint density at radius 1 is 0.909 bits per heavy atom. The molecule has 0 unspecified atom stereocenters. The van der Waals surface area contributed by atoms with Crippen LogP contribution in [0.15, 0.2) is 66.2 Å². The first-order chi connectivity index (χ1) is 10.8. The molecule has 2 aliphatic carbocycles. The summed E-state index contributed by atoms with van der Waals surface area (Å²) in [7, 11) is 0. The minimum atomic E-state index is -0.317. The number of aliphatic hydroxyl groups excluding tert-OH is 1. The standard InChI is InChI=1S/C21H22O/c22-21-19(14-15-8-3-1-4-9-15)17-12-7-13-18(17)20(21)16-10-5-2-6-11-16/h1-6,8-11,17,19,21-22H,7,12-14H2/t17-,19+,21+/m0/s1. The van der Waals surface area contributed by atoms with E-state index in [4.69, 9.17) is 0 Å². The highest BCUT2D eigenvalue weighted by atomic mass is 16.3. The third kappa shape index (κ3) is 2.30. The molecule has 0 aromatic heterocycles. The van der Waals surface area contributed by atoms with Crippen LogP contribution < -0.4 is 0 Å². The van der Waals surface area contributed by atoms with Crippen molar-refractivity contribution < 1.29 is 5.11 Å². The van der Waals surface area contributed by atoms with Crippen LogP contribution in [0.1, 0.15) is 30.4 Å². The molecule has 0 bridgehead atoms. The second-order valence-electron chi connectivity index (χ2n) is 6.60. The molecule has 0 aliphatic heterocycles. The van der Waals surface area contributed by atoms with Gasteiger partial charge in [0.25, 0.3) is 0 Å². The van der Waals surface area contributed by atoms with Gasteiger partial charge < -0.3 is 5.11 Å². The van der Waals surface area contributed by atoms with Gasteiger partial charge >= 0.3 is 0 Å². The van der Waals surface area contributed by atoms with E-state index in [9.17, 15) is 5.11 Å². The van der Waals surface area contributed by atoms with Gasteiger partial charge in [-0.1, -0.05) is 66.2 Å². The molecule has 2 aromatic rings. The van der Waals surface area contributed by atoms with Crippen molar-refractivity contribution in [1.29, 1.82) is 0 Å². The van der Waals surface area contributed by atoms with Crippen molar-refractivity contribution in [2.45, 2.75) is 31.8 Å². The Labute approximate surface area is 132 Å². The average molecular weight is 290 g/mol. The molecule has 0 heterocycles. The Morgan fingerprint density at radius 2 is 1.59 bits per heavy atom. The van der Waals surface area contributed by atoms with Crippen molar-refractivity contribution in [3.8, 4) is 0 Å². The Morgan fingerprint density at radius 3 is 2.32 bits per heavy atom. The van der Waals surface area contributed by atoms with E-state index in [1.807, 2.05) is 6.07 Å². The van der Waals surface area contributed by atoms with Crippen LogP contribution >= 0.6 is 0 Å². The monoisotopic (exact) mass is 290 g/mol. The molecule has 0 radical (unpaired) electrons. The van der Waals surface area contributed by atoms with Gasteiger partial charge in [-0.15, -0.1) is 0 Å². The zero-order valence-electron chi connectivity index (χ0n) is 12.8. The molecule has 4 rings (SSSR count). The Kier molecular flexibility index (Phi) is 3.59. The summed E-state index contributed by atoms with van der Waals surface area (Å²) in [6, 6.07) is 21.1. The van der Waals surface area contributed by atoms with E-state index in [0.717, 1.165) is 12.8 Å². The van der Waals surface area contributed by atoms with E-state index in [-0.39, 0.29) is 6.10 Å². The number of rotatable bonds is 3. The highest BCUT2D eigenvalue weighted by Crippen LogP contribution is 2.51. The molecular formula is C21H22O. The number of hydrogen-bond acceptors (Lipinski definition) is 1. The second kappa shape index (κ2) is 5.73. The molecule has 3 atom stereocenters. The van der Waals surface area contributed by atoms with Crippen LogP contribution in [-0.2, 0) is 6.42 Å². The van der Waals surface area contributed by atoms with Crippen molar-refractivity contribution in [1.82, 2.24) is 0 Å². The van der Waals surface area contributed by atoms with Gasteiger partial charge in [0.1, 0.15) is 0 Å². The molecular weight excluding hydrogens is 268 g/mol. The number of benzene rings is 2. The van der Waals surface area contributed by atoms with E-state index < -0.39 is 0 Å². The summed E-state index contributed by atoms with van der Waals surface area (Å²) in [6.45, 7) is 0. The van der Waals surface area contributed by atoms with Crippen LogP contribution in [0.25, 0.3) is 5.57 Å². The lowest BCUT2D eigenvalue weighted by atomic mass is 9.85. The molecule has 0 amide bonds. The summed E-state index contributed by atoms with van der Waals surface area (Å²) in [5.41, 5.74) is 5.31. The summed E-state index contributed by atoms with van der Waals surface area (Å²) in [5, 5.41) is 11.0. The van der Waals surface area contributed by atoms with Gasteiger partial charge in [-0.05, 0) is 54.2 Å². The average Bonchev–Trinajstić information content (AvgIpc) is 3.12. The molecule has 0 saturated heterocycles. The van der Waals surface area contributed by atoms with E-state index in [0.29, 0.717) is 11.8 Å². The van der Waals surface area contributed by atoms with Crippen molar-refractivity contribution >= 4 is 5.57 Å². The maximum atomic E-state index is 11.0. The van der Waals surface area contributed by atoms with Gasteiger partial charge in [0.05, 0.1) is 6.10 Å². The fraction of sp³-hybridized carbons (Fsp3) is 0.333. The summed E-state index contributed by atoms with van der Waals surface area (Å²) in [4.78, 5) is 0. The van der Waals surface area contributed by atoms with Gasteiger partial charge in [0.2, 0.25) is 0 Å². The molecule has 0 spiro atoms. The van der Waals surface area contributed by atoms with Crippen LogP contribution in [0, 0.1) is 11.8 Å². The minimum absolute atomic E-state index is 0.317. The maximum Gasteiger partial charge on any atom is 0.0832 e. The predicted octanol–water partition coefficient (Wildman–Crippen LogP) is 4.47. The van der Waals surface area contributed by atoms with E-state index in [2.05, 4.69) is 54.6 Å². The van der Waals surface area contributed by atoms with Gasteiger partial charge in [-0.2, -0.15) is 0 Å². The zero-order valence-corrected chi connectivity index (χ0v) is 12.8. The quantitative estimate of drug-likeness (QED) is 0.884. The van der Waals surface area contributed by atoms with Crippen molar-refractivity contribution in [2.24, 2.45) is 11.8 Å². The highest BCUT2D eigenvalue weighted by molar-refractivity contribution is 5.75.